The van der Waals surface area contributed by atoms with Gasteiger partial charge in [-0.05, 0) is 78.8 Å². The third kappa shape index (κ3) is 3.83. The van der Waals surface area contributed by atoms with Gasteiger partial charge in [-0.15, -0.1) is 0 Å². The summed E-state index contributed by atoms with van der Waals surface area (Å²) < 4.78 is 91.2. The maximum atomic E-state index is 13.7. The summed E-state index contributed by atoms with van der Waals surface area (Å²) in [5.74, 6) is -0.489. The van der Waals surface area contributed by atoms with E-state index in [2.05, 4.69) is 22.6 Å². The molecule has 1 aromatic rings. The predicted octanol–water partition coefficient (Wildman–Crippen LogP) is 4.13. The molecule has 3 unspecified atom stereocenters. The van der Waals surface area contributed by atoms with E-state index in [9.17, 15) is 30.9 Å². The number of esters is 1. The van der Waals surface area contributed by atoms with Crippen LogP contribution in [0.3, 0.4) is 0 Å². The first kappa shape index (κ1) is 24.6. The molecule has 0 N–H and O–H groups in total. The van der Waals surface area contributed by atoms with Crippen LogP contribution in [0.25, 0.3) is 0 Å². The molecular weight excluding hydrogens is 592 g/mol. The first-order chi connectivity index (χ1) is 15.9. The Morgan fingerprint density at radius 2 is 1.94 bits per heavy atom. The van der Waals surface area contributed by atoms with E-state index in [1.807, 2.05) is 18.2 Å². The highest BCUT2D eigenvalue weighted by atomic mass is 127. The summed E-state index contributed by atoms with van der Waals surface area (Å²) in [6, 6.07) is 5.91. The third-order valence-electron chi connectivity index (χ3n) is 7.81. The van der Waals surface area contributed by atoms with E-state index in [1.54, 1.807) is 0 Å². The summed E-state index contributed by atoms with van der Waals surface area (Å²) in [7, 11) is -6.16. The van der Waals surface area contributed by atoms with Gasteiger partial charge in [0.25, 0.3) is 0 Å². The molecule has 4 bridgehead atoms. The van der Waals surface area contributed by atoms with Crippen LogP contribution >= 0.6 is 22.6 Å². The van der Waals surface area contributed by atoms with Gasteiger partial charge in [-0.1, -0.05) is 0 Å². The van der Waals surface area contributed by atoms with E-state index in [1.165, 1.54) is 0 Å². The SMILES string of the molecule is O=C(OCCC(F)C(F)(F)S(=O)(=O)[O-])C12CC3CC(C1)C1(OCc4cc(I)ccc4O1)C(C3)C2. The van der Waals surface area contributed by atoms with Crippen LogP contribution in [0, 0.1) is 26.7 Å². The number of fused-ring (bicyclic) bond motifs is 1. The summed E-state index contributed by atoms with van der Waals surface area (Å²) in [4.78, 5) is 13.0. The summed E-state index contributed by atoms with van der Waals surface area (Å²) in [5, 5.41) is -5.07. The average Bonchev–Trinajstić information content (AvgIpc) is 2.76. The Morgan fingerprint density at radius 1 is 1.26 bits per heavy atom. The molecular formula is C22H23F3IO7S-. The summed E-state index contributed by atoms with van der Waals surface area (Å²) in [5.41, 5.74) is 0.137. The van der Waals surface area contributed by atoms with E-state index in [-0.39, 0.29) is 17.8 Å². The monoisotopic (exact) mass is 615 g/mol. The Kier molecular flexibility index (Phi) is 5.93. The molecule has 1 spiro atoms. The molecule has 1 aliphatic heterocycles. The van der Waals surface area contributed by atoms with Gasteiger partial charge in [0.1, 0.15) is 5.75 Å². The Labute approximate surface area is 208 Å². The molecule has 0 radical (unpaired) electrons. The minimum atomic E-state index is -6.16. The molecule has 4 saturated carbocycles. The van der Waals surface area contributed by atoms with Crippen molar-refractivity contribution >= 4 is 38.7 Å². The highest BCUT2D eigenvalue weighted by molar-refractivity contribution is 14.1. The molecule has 34 heavy (non-hydrogen) atoms. The highest BCUT2D eigenvalue weighted by Gasteiger charge is 2.68. The van der Waals surface area contributed by atoms with Crippen molar-refractivity contribution in [1.82, 2.24) is 0 Å². The molecule has 0 saturated heterocycles. The Hall–Kier alpha value is -1.12. The minimum absolute atomic E-state index is 0.0532. The van der Waals surface area contributed by atoms with Crippen molar-refractivity contribution in [2.75, 3.05) is 6.61 Å². The lowest BCUT2D eigenvalue weighted by molar-refractivity contribution is -0.326. The van der Waals surface area contributed by atoms with Gasteiger partial charge in [-0.25, -0.2) is 12.8 Å². The van der Waals surface area contributed by atoms with Crippen molar-refractivity contribution < 1.29 is 45.1 Å². The van der Waals surface area contributed by atoms with Crippen molar-refractivity contribution in [3.63, 3.8) is 0 Å². The number of rotatable bonds is 6. The van der Waals surface area contributed by atoms with Crippen LogP contribution in [0.15, 0.2) is 18.2 Å². The number of hydrogen-bond donors (Lipinski definition) is 0. The van der Waals surface area contributed by atoms with Gasteiger partial charge in [-0.3, -0.25) is 4.79 Å². The lowest BCUT2D eigenvalue weighted by atomic mass is 9.47. The van der Waals surface area contributed by atoms with Gasteiger partial charge in [-0.2, -0.15) is 8.78 Å². The van der Waals surface area contributed by atoms with Crippen LogP contribution in [0.5, 0.6) is 5.75 Å². The molecule has 5 aliphatic rings. The van der Waals surface area contributed by atoms with Crippen molar-refractivity contribution in [2.45, 2.75) is 62.3 Å². The molecule has 4 aliphatic carbocycles. The molecule has 12 heteroatoms. The van der Waals surface area contributed by atoms with Crippen LogP contribution in [-0.4, -0.2) is 42.8 Å². The van der Waals surface area contributed by atoms with E-state index in [0.29, 0.717) is 25.9 Å². The number of alkyl halides is 3. The number of benzene rings is 1. The predicted molar refractivity (Wildman–Crippen MR) is 118 cm³/mol. The fourth-order valence-electron chi connectivity index (χ4n) is 6.46. The second kappa shape index (κ2) is 8.20. The lowest BCUT2D eigenvalue weighted by Crippen LogP contribution is -2.67. The van der Waals surface area contributed by atoms with Gasteiger partial charge in [0.15, 0.2) is 16.3 Å². The largest absolute Gasteiger partial charge is 0.743 e. The topological polar surface area (TPSA) is 102 Å². The number of hydrogen-bond acceptors (Lipinski definition) is 7. The zero-order valence-corrected chi connectivity index (χ0v) is 21.0. The van der Waals surface area contributed by atoms with Crippen LogP contribution in [0.4, 0.5) is 13.2 Å². The highest BCUT2D eigenvalue weighted by Crippen LogP contribution is 2.66. The second-order valence-corrected chi connectivity index (χ2v) is 12.6. The van der Waals surface area contributed by atoms with E-state index < -0.39 is 51.7 Å². The first-order valence-electron chi connectivity index (χ1n) is 11.1. The van der Waals surface area contributed by atoms with Gasteiger partial charge in [0.05, 0.1) is 18.6 Å². The average molecular weight is 615 g/mol. The smallest absolute Gasteiger partial charge is 0.364 e. The van der Waals surface area contributed by atoms with Crippen molar-refractivity contribution in [1.29, 1.82) is 0 Å². The minimum Gasteiger partial charge on any atom is -0.743 e. The quantitative estimate of drug-likeness (QED) is 0.270. The molecule has 4 fully saturated rings. The molecule has 0 amide bonds. The third-order valence-corrected chi connectivity index (χ3v) is 9.40. The van der Waals surface area contributed by atoms with Crippen LogP contribution < -0.4 is 4.74 Å². The van der Waals surface area contributed by atoms with E-state index in [0.717, 1.165) is 27.7 Å². The van der Waals surface area contributed by atoms with Crippen molar-refractivity contribution in [2.24, 2.45) is 23.2 Å². The van der Waals surface area contributed by atoms with Gasteiger partial charge in [0, 0.05) is 27.4 Å². The normalized spacial score (nSPS) is 35.0. The Bertz CT molecular complexity index is 1100. The molecule has 1 aromatic carbocycles. The first-order valence-corrected chi connectivity index (χ1v) is 13.6. The maximum absolute atomic E-state index is 13.7. The number of carbonyl (C=O) groups is 1. The van der Waals surface area contributed by atoms with E-state index >= 15 is 0 Å². The molecule has 188 valence electrons. The summed E-state index contributed by atoms with van der Waals surface area (Å²) in [6.07, 6.45) is -1.18. The fourth-order valence-corrected chi connectivity index (χ4v) is 7.45. The number of carbonyl (C=O) groups excluding carboxylic acids is 1. The molecule has 7 nitrogen and oxygen atoms in total. The standard InChI is InChI=1S/C22H24F3IO7S/c23-18(22(24,25)34(28,29)30)3-4-31-19(27)20-8-12-5-14(9-20)21(15(6-12)10-20)32-11-13-7-16(26)1-2-17(13)33-21/h1-2,7,12,14-15,18H,3-6,8-11H2,(H,28,29,30)/p-1. The summed E-state index contributed by atoms with van der Waals surface area (Å²) in [6.45, 7) is -0.326. The number of halogens is 4. The lowest BCUT2D eigenvalue weighted by Gasteiger charge is -2.63. The van der Waals surface area contributed by atoms with Crippen LogP contribution in [-0.2, 0) is 31.0 Å². The van der Waals surface area contributed by atoms with Crippen molar-refractivity contribution in [3.8, 4) is 5.75 Å². The van der Waals surface area contributed by atoms with Crippen molar-refractivity contribution in [3.05, 3.63) is 27.3 Å². The Morgan fingerprint density at radius 3 is 2.59 bits per heavy atom. The zero-order chi connectivity index (χ0) is 24.5. The molecule has 1 heterocycles. The molecule has 0 aromatic heterocycles. The van der Waals surface area contributed by atoms with Gasteiger partial charge in [0.2, 0.25) is 5.79 Å². The maximum Gasteiger partial charge on any atom is 0.364 e. The number of ether oxygens (including phenoxy) is 3. The second-order valence-electron chi connectivity index (χ2n) is 9.90. The van der Waals surface area contributed by atoms with E-state index in [4.69, 9.17) is 14.2 Å². The van der Waals surface area contributed by atoms with Crippen LogP contribution in [0.1, 0.15) is 44.1 Å². The van der Waals surface area contributed by atoms with Gasteiger partial charge >= 0.3 is 11.2 Å². The fraction of sp³-hybridized carbons (Fsp3) is 0.682. The van der Waals surface area contributed by atoms with Gasteiger partial charge < -0.3 is 18.8 Å². The molecule has 3 atom stereocenters. The zero-order valence-electron chi connectivity index (χ0n) is 18.0. The summed E-state index contributed by atoms with van der Waals surface area (Å²) >= 11 is 2.23. The van der Waals surface area contributed by atoms with Crippen LogP contribution in [0.2, 0.25) is 0 Å². The molecule has 6 rings (SSSR count). The Balaban J connectivity index is 1.27.